The van der Waals surface area contributed by atoms with Gasteiger partial charge in [-0.2, -0.15) is 0 Å². The quantitative estimate of drug-likeness (QED) is 0.583. The van der Waals surface area contributed by atoms with E-state index in [0.29, 0.717) is 24.9 Å². The highest BCUT2D eigenvalue weighted by atomic mass is 16.5. The molecule has 0 saturated heterocycles. The van der Waals surface area contributed by atoms with E-state index in [4.69, 9.17) is 4.74 Å². The zero-order valence-corrected chi connectivity index (χ0v) is 13.0. The fraction of sp³-hybridized carbons (Fsp3) is 0.611. The van der Waals surface area contributed by atoms with Crippen molar-refractivity contribution in [2.75, 3.05) is 0 Å². The highest BCUT2D eigenvalue weighted by molar-refractivity contribution is 5.49. The maximum Gasteiger partial charge on any atom is 0.120 e. The summed E-state index contributed by atoms with van der Waals surface area (Å²) in [6, 6.07) is 10.2. The molecule has 0 fully saturated rings. The van der Waals surface area contributed by atoms with Gasteiger partial charge in [-0.25, -0.2) is 0 Å². The molecule has 0 saturated carbocycles. The van der Waals surface area contributed by atoms with Gasteiger partial charge >= 0.3 is 0 Å². The zero-order chi connectivity index (χ0) is 14.8. The Bertz CT molecular complexity index is 361. The van der Waals surface area contributed by atoms with Crippen LogP contribution >= 0.6 is 0 Å². The molecule has 0 aliphatic rings. The standard InChI is InChI=1S/C18H28O2/c1-4-15(3)13-17(11-12-19)18(5-2)20-14-16-9-7-6-8-10-16/h6-10,12,15,17-18H,4-5,11,13-14H2,1-3H3/t15-,17+,18+/m0/s1. The van der Waals surface area contributed by atoms with Crippen LogP contribution in [0.2, 0.25) is 0 Å². The minimum Gasteiger partial charge on any atom is -0.373 e. The maximum atomic E-state index is 10.9. The highest BCUT2D eigenvalue weighted by Gasteiger charge is 2.22. The Morgan fingerprint density at radius 3 is 2.40 bits per heavy atom. The van der Waals surface area contributed by atoms with Gasteiger partial charge in [0, 0.05) is 6.42 Å². The van der Waals surface area contributed by atoms with Gasteiger partial charge in [0.05, 0.1) is 12.7 Å². The van der Waals surface area contributed by atoms with Crippen LogP contribution in [0.15, 0.2) is 30.3 Å². The molecule has 1 aromatic rings. The van der Waals surface area contributed by atoms with E-state index in [9.17, 15) is 4.79 Å². The van der Waals surface area contributed by atoms with Crippen molar-refractivity contribution in [3.63, 3.8) is 0 Å². The number of benzene rings is 1. The van der Waals surface area contributed by atoms with E-state index >= 15 is 0 Å². The molecule has 0 aromatic heterocycles. The lowest BCUT2D eigenvalue weighted by atomic mass is 9.87. The lowest BCUT2D eigenvalue weighted by molar-refractivity contribution is -0.110. The van der Waals surface area contributed by atoms with Crippen molar-refractivity contribution in [2.45, 2.75) is 59.2 Å². The predicted octanol–water partition coefficient (Wildman–Crippen LogP) is 4.62. The number of aldehydes is 1. The average molecular weight is 276 g/mol. The van der Waals surface area contributed by atoms with Crippen LogP contribution in [0.4, 0.5) is 0 Å². The zero-order valence-electron chi connectivity index (χ0n) is 13.0. The number of ether oxygens (including phenoxy) is 1. The lowest BCUT2D eigenvalue weighted by Crippen LogP contribution is -2.25. The van der Waals surface area contributed by atoms with Crippen molar-refractivity contribution in [1.82, 2.24) is 0 Å². The van der Waals surface area contributed by atoms with Gasteiger partial charge in [0.1, 0.15) is 6.29 Å². The van der Waals surface area contributed by atoms with E-state index in [2.05, 4.69) is 32.9 Å². The number of carbonyl (C=O) groups excluding carboxylic acids is 1. The van der Waals surface area contributed by atoms with Crippen LogP contribution in [-0.4, -0.2) is 12.4 Å². The summed E-state index contributed by atoms with van der Waals surface area (Å²) in [5.74, 6) is 0.991. The molecular weight excluding hydrogens is 248 g/mol. The second kappa shape index (κ2) is 9.71. The van der Waals surface area contributed by atoms with Gasteiger partial charge in [-0.3, -0.25) is 0 Å². The molecule has 0 radical (unpaired) electrons. The first-order valence-electron chi connectivity index (χ1n) is 7.80. The number of carbonyl (C=O) groups is 1. The molecule has 112 valence electrons. The predicted molar refractivity (Wildman–Crippen MR) is 83.6 cm³/mol. The van der Waals surface area contributed by atoms with Crippen LogP contribution in [0.1, 0.15) is 52.0 Å². The smallest absolute Gasteiger partial charge is 0.120 e. The second-order valence-corrected chi connectivity index (χ2v) is 5.65. The van der Waals surface area contributed by atoms with Crippen molar-refractivity contribution in [2.24, 2.45) is 11.8 Å². The van der Waals surface area contributed by atoms with E-state index in [-0.39, 0.29) is 6.10 Å². The molecule has 0 amide bonds. The number of hydrogen-bond acceptors (Lipinski definition) is 2. The van der Waals surface area contributed by atoms with Gasteiger partial charge < -0.3 is 9.53 Å². The van der Waals surface area contributed by atoms with Gasteiger partial charge in [0.15, 0.2) is 0 Å². The molecule has 0 N–H and O–H groups in total. The average Bonchev–Trinajstić information content (AvgIpc) is 2.48. The fourth-order valence-electron chi connectivity index (χ4n) is 2.57. The highest BCUT2D eigenvalue weighted by Crippen LogP contribution is 2.25. The molecule has 2 heteroatoms. The van der Waals surface area contributed by atoms with Crippen molar-refractivity contribution in [1.29, 1.82) is 0 Å². The van der Waals surface area contributed by atoms with Crippen LogP contribution in [-0.2, 0) is 16.1 Å². The van der Waals surface area contributed by atoms with Gasteiger partial charge in [0.2, 0.25) is 0 Å². The minimum atomic E-state index is 0.175. The first kappa shape index (κ1) is 16.9. The Labute approximate surface area is 123 Å². The second-order valence-electron chi connectivity index (χ2n) is 5.65. The van der Waals surface area contributed by atoms with Crippen LogP contribution in [0.5, 0.6) is 0 Å². The Kier molecular flexibility index (Phi) is 8.20. The van der Waals surface area contributed by atoms with Crippen molar-refractivity contribution in [3.8, 4) is 0 Å². The van der Waals surface area contributed by atoms with E-state index in [1.807, 2.05) is 18.2 Å². The van der Waals surface area contributed by atoms with Crippen molar-refractivity contribution in [3.05, 3.63) is 35.9 Å². The summed E-state index contributed by atoms with van der Waals surface area (Å²) in [6.45, 7) is 7.23. The Hall–Kier alpha value is -1.15. The van der Waals surface area contributed by atoms with Gasteiger partial charge in [-0.05, 0) is 30.2 Å². The van der Waals surface area contributed by atoms with Crippen LogP contribution in [0.25, 0.3) is 0 Å². The van der Waals surface area contributed by atoms with Crippen LogP contribution in [0, 0.1) is 11.8 Å². The summed E-state index contributed by atoms with van der Waals surface area (Å²) in [7, 11) is 0. The van der Waals surface area contributed by atoms with Gasteiger partial charge in [-0.15, -0.1) is 0 Å². The molecule has 0 aliphatic heterocycles. The van der Waals surface area contributed by atoms with E-state index in [0.717, 1.165) is 25.5 Å². The SMILES string of the molecule is CC[C@H](C)C[C@@H](CC=O)[C@@H](CC)OCc1ccccc1. The molecule has 0 aliphatic carbocycles. The largest absolute Gasteiger partial charge is 0.373 e. The summed E-state index contributed by atoms with van der Waals surface area (Å²) in [5, 5.41) is 0. The molecule has 1 aromatic carbocycles. The normalized spacial score (nSPS) is 15.6. The monoisotopic (exact) mass is 276 g/mol. The molecule has 0 unspecified atom stereocenters. The number of rotatable bonds is 10. The topological polar surface area (TPSA) is 26.3 Å². The third-order valence-corrected chi connectivity index (χ3v) is 4.04. The molecule has 3 atom stereocenters. The first-order valence-corrected chi connectivity index (χ1v) is 7.80. The van der Waals surface area contributed by atoms with Crippen molar-refractivity contribution < 1.29 is 9.53 Å². The van der Waals surface area contributed by atoms with Crippen LogP contribution in [0.3, 0.4) is 0 Å². The van der Waals surface area contributed by atoms with Gasteiger partial charge in [-0.1, -0.05) is 57.5 Å². The van der Waals surface area contributed by atoms with Crippen molar-refractivity contribution >= 4 is 6.29 Å². The summed E-state index contributed by atoms with van der Waals surface area (Å²) in [5.41, 5.74) is 1.19. The molecule has 0 spiro atoms. The molecule has 1 rings (SSSR count). The maximum absolute atomic E-state index is 10.9. The Balaban J connectivity index is 2.57. The minimum absolute atomic E-state index is 0.175. The van der Waals surface area contributed by atoms with Gasteiger partial charge in [0.25, 0.3) is 0 Å². The lowest BCUT2D eigenvalue weighted by Gasteiger charge is -2.27. The van der Waals surface area contributed by atoms with E-state index < -0.39 is 0 Å². The van der Waals surface area contributed by atoms with E-state index in [1.54, 1.807) is 0 Å². The Morgan fingerprint density at radius 2 is 1.85 bits per heavy atom. The summed E-state index contributed by atoms with van der Waals surface area (Å²) < 4.78 is 6.08. The molecule has 0 heterocycles. The molecule has 0 bridgehead atoms. The summed E-state index contributed by atoms with van der Waals surface area (Å²) in [6.07, 6.45) is 5.02. The summed E-state index contributed by atoms with van der Waals surface area (Å²) in [4.78, 5) is 10.9. The first-order chi connectivity index (χ1) is 9.71. The van der Waals surface area contributed by atoms with Crippen LogP contribution < -0.4 is 0 Å². The Morgan fingerprint density at radius 1 is 1.15 bits per heavy atom. The van der Waals surface area contributed by atoms with E-state index in [1.165, 1.54) is 5.56 Å². The molecule has 20 heavy (non-hydrogen) atoms. The molecular formula is C18H28O2. The fourth-order valence-corrected chi connectivity index (χ4v) is 2.57. The third kappa shape index (κ3) is 5.87. The number of hydrogen-bond donors (Lipinski definition) is 0. The summed E-state index contributed by atoms with van der Waals surface area (Å²) >= 11 is 0. The third-order valence-electron chi connectivity index (χ3n) is 4.04. The molecule has 2 nitrogen and oxygen atoms in total.